The maximum atomic E-state index is 12.7. The highest BCUT2D eigenvalue weighted by Crippen LogP contribution is 2.29. The van der Waals surface area contributed by atoms with Gasteiger partial charge in [-0.05, 0) is 51.8 Å². The SMILES string of the molecule is CCNC(=O)C(C)(C)CN=C(NCC)NC1CCN(Cc2ccc(C(F)(F)F)cc2)C1. The van der Waals surface area contributed by atoms with E-state index in [1.54, 1.807) is 12.1 Å². The first-order chi connectivity index (χ1) is 14.5. The Hall–Kier alpha value is -2.29. The number of carbonyl (C=O) groups excluding carboxylic acids is 1. The Kier molecular flexibility index (Phi) is 8.73. The summed E-state index contributed by atoms with van der Waals surface area (Å²) in [7, 11) is 0. The molecule has 6 nitrogen and oxygen atoms in total. The van der Waals surface area contributed by atoms with E-state index in [2.05, 4.69) is 25.8 Å². The Morgan fingerprint density at radius 2 is 1.77 bits per heavy atom. The van der Waals surface area contributed by atoms with Crippen LogP contribution in [0.25, 0.3) is 0 Å². The molecule has 1 fully saturated rings. The molecule has 2 rings (SSSR count). The van der Waals surface area contributed by atoms with Gasteiger partial charge < -0.3 is 16.0 Å². The molecular weight excluding hydrogens is 407 g/mol. The second-order valence-corrected chi connectivity index (χ2v) is 8.50. The molecule has 0 aliphatic carbocycles. The second-order valence-electron chi connectivity index (χ2n) is 8.50. The van der Waals surface area contributed by atoms with Crippen molar-refractivity contribution in [1.29, 1.82) is 0 Å². The Bertz CT molecular complexity index is 747. The number of rotatable bonds is 8. The summed E-state index contributed by atoms with van der Waals surface area (Å²) < 4.78 is 38.2. The lowest BCUT2D eigenvalue weighted by atomic mass is 9.92. The number of nitrogens with one attached hydrogen (secondary N) is 3. The summed E-state index contributed by atoms with van der Waals surface area (Å²) in [5, 5.41) is 9.48. The van der Waals surface area contributed by atoms with Crippen LogP contribution in [0.15, 0.2) is 29.3 Å². The first-order valence-electron chi connectivity index (χ1n) is 10.8. The van der Waals surface area contributed by atoms with Crippen molar-refractivity contribution < 1.29 is 18.0 Å². The van der Waals surface area contributed by atoms with Gasteiger partial charge in [0.05, 0.1) is 17.5 Å². The molecule has 0 saturated carbocycles. The van der Waals surface area contributed by atoms with E-state index in [1.165, 1.54) is 0 Å². The topological polar surface area (TPSA) is 68.8 Å². The summed E-state index contributed by atoms with van der Waals surface area (Å²) in [4.78, 5) is 19.0. The fourth-order valence-corrected chi connectivity index (χ4v) is 3.41. The maximum Gasteiger partial charge on any atom is 0.416 e. The zero-order valence-corrected chi connectivity index (χ0v) is 18.8. The van der Waals surface area contributed by atoms with Crippen LogP contribution in [0.5, 0.6) is 0 Å². The normalized spacial score (nSPS) is 18.2. The van der Waals surface area contributed by atoms with Crippen molar-refractivity contribution >= 4 is 11.9 Å². The predicted molar refractivity (Wildman–Crippen MR) is 117 cm³/mol. The predicted octanol–water partition coefficient (Wildman–Crippen LogP) is 3.00. The van der Waals surface area contributed by atoms with E-state index < -0.39 is 17.2 Å². The van der Waals surface area contributed by atoms with Gasteiger partial charge in [-0.25, -0.2) is 0 Å². The number of hydrogen-bond donors (Lipinski definition) is 3. The molecule has 0 aromatic heterocycles. The summed E-state index contributed by atoms with van der Waals surface area (Å²) in [6.07, 6.45) is -3.40. The summed E-state index contributed by atoms with van der Waals surface area (Å²) in [5.41, 5.74) is -0.375. The smallest absolute Gasteiger partial charge is 0.357 e. The molecule has 1 amide bonds. The average molecular weight is 442 g/mol. The highest BCUT2D eigenvalue weighted by Gasteiger charge is 2.30. The zero-order chi connectivity index (χ0) is 23.1. The summed E-state index contributed by atoms with van der Waals surface area (Å²) in [5.74, 6) is 0.638. The quantitative estimate of drug-likeness (QED) is 0.429. The summed E-state index contributed by atoms with van der Waals surface area (Å²) in [6, 6.07) is 5.53. The van der Waals surface area contributed by atoms with Crippen molar-refractivity contribution in [1.82, 2.24) is 20.9 Å². The molecule has 31 heavy (non-hydrogen) atoms. The highest BCUT2D eigenvalue weighted by atomic mass is 19.4. The molecule has 9 heteroatoms. The molecule has 0 spiro atoms. The van der Waals surface area contributed by atoms with Crippen LogP contribution in [0.3, 0.4) is 0 Å². The third kappa shape index (κ3) is 7.72. The lowest BCUT2D eigenvalue weighted by molar-refractivity contribution is -0.137. The molecule has 1 aliphatic rings. The molecule has 1 aromatic rings. The minimum Gasteiger partial charge on any atom is -0.357 e. The molecule has 0 bridgehead atoms. The standard InChI is InChI=1S/C22H34F3N5O/c1-5-26-19(31)21(3,4)15-28-20(27-6-2)29-18-11-12-30(14-18)13-16-7-9-17(10-8-16)22(23,24)25/h7-10,18H,5-6,11-15H2,1-4H3,(H,26,31)(H2,27,28,29). The monoisotopic (exact) mass is 441 g/mol. The largest absolute Gasteiger partial charge is 0.416 e. The zero-order valence-electron chi connectivity index (χ0n) is 18.8. The Morgan fingerprint density at radius 3 is 2.35 bits per heavy atom. The van der Waals surface area contributed by atoms with Crippen molar-refractivity contribution in [2.75, 3.05) is 32.7 Å². The highest BCUT2D eigenvalue weighted by molar-refractivity contribution is 5.83. The number of amides is 1. The Morgan fingerprint density at radius 1 is 1.13 bits per heavy atom. The lowest BCUT2D eigenvalue weighted by Crippen LogP contribution is -2.46. The Balaban J connectivity index is 1.91. The van der Waals surface area contributed by atoms with Crippen LogP contribution in [0.4, 0.5) is 13.2 Å². The van der Waals surface area contributed by atoms with Gasteiger partial charge in [-0.3, -0.25) is 14.7 Å². The van der Waals surface area contributed by atoms with E-state index in [4.69, 9.17) is 0 Å². The second kappa shape index (κ2) is 10.8. The van der Waals surface area contributed by atoms with Gasteiger partial charge in [0.1, 0.15) is 0 Å². The number of halogens is 3. The van der Waals surface area contributed by atoms with Gasteiger partial charge >= 0.3 is 6.18 Å². The van der Waals surface area contributed by atoms with Crippen LogP contribution in [0, 0.1) is 5.41 Å². The van der Waals surface area contributed by atoms with Gasteiger partial charge in [0.2, 0.25) is 5.91 Å². The van der Waals surface area contributed by atoms with E-state index in [-0.39, 0.29) is 11.9 Å². The van der Waals surface area contributed by atoms with Crippen molar-refractivity contribution in [2.45, 2.75) is 52.9 Å². The molecule has 1 heterocycles. The number of carbonyl (C=O) groups is 1. The van der Waals surface area contributed by atoms with Gasteiger partial charge in [0.25, 0.3) is 0 Å². The van der Waals surface area contributed by atoms with Gasteiger partial charge in [0.15, 0.2) is 5.96 Å². The molecule has 1 aliphatic heterocycles. The number of benzene rings is 1. The first-order valence-corrected chi connectivity index (χ1v) is 10.8. The van der Waals surface area contributed by atoms with E-state index >= 15 is 0 Å². The third-order valence-electron chi connectivity index (χ3n) is 5.23. The number of aliphatic imine (C=N–C) groups is 1. The fraction of sp³-hybridized carbons (Fsp3) is 0.636. The van der Waals surface area contributed by atoms with E-state index in [1.807, 2.05) is 27.7 Å². The van der Waals surface area contributed by atoms with Crippen LogP contribution in [-0.2, 0) is 17.5 Å². The van der Waals surface area contributed by atoms with Crippen LogP contribution >= 0.6 is 0 Å². The van der Waals surface area contributed by atoms with Gasteiger partial charge in [-0.1, -0.05) is 12.1 Å². The average Bonchev–Trinajstić information content (AvgIpc) is 3.13. The molecule has 3 N–H and O–H groups in total. The van der Waals surface area contributed by atoms with Gasteiger partial charge in [0, 0.05) is 38.8 Å². The number of guanidine groups is 1. The molecular formula is C22H34F3N5O. The minimum absolute atomic E-state index is 0.0295. The van der Waals surface area contributed by atoms with E-state index in [9.17, 15) is 18.0 Å². The maximum absolute atomic E-state index is 12.7. The van der Waals surface area contributed by atoms with Crippen molar-refractivity contribution in [3.05, 3.63) is 35.4 Å². The lowest BCUT2D eigenvalue weighted by Gasteiger charge is -2.23. The molecule has 0 radical (unpaired) electrons. The van der Waals surface area contributed by atoms with Crippen LogP contribution in [0.2, 0.25) is 0 Å². The number of likely N-dealkylation sites (tertiary alicyclic amines) is 1. The van der Waals surface area contributed by atoms with Gasteiger partial charge in [-0.2, -0.15) is 13.2 Å². The molecule has 174 valence electrons. The summed E-state index contributed by atoms with van der Waals surface area (Å²) in [6.45, 7) is 11.5. The molecule has 1 unspecified atom stereocenters. The molecule has 1 saturated heterocycles. The van der Waals surface area contributed by atoms with Crippen LogP contribution in [-0.4, -0.2) is 55.5 Å². The Labute approximate surface area is 182 Å². The number of nitrogens with zero attached hydrogens (tertiary/aromatic N) is 2. The fourth-order valence-electron chi connectivity index (χ4n) is 3.41. The number of hydrogen-bond acceptors (Lipinski definition) is 3. The number of alkyl halides is 3. The first kappa shape index (κ1) is 25.0. The van der Waals surface area contributed by atoms with E-state index in [0.29, 0.717) is 32.1 Å². The van der Waals surface area contributed by atoms with Crippen molar-refractivity contribution in [2.24, 2.45) is 10.4 Å². The van der Waals surface area contributed by atoms with Gasteiger partial charge in [-0.15, -0.1) is 0 Å². The molecule has 1 aromatic carbocycles. The van der Waals surface area contributed by atoms with Crippen molar-refractivity contribution in [3.8, 4) is 0 Å². The minimum atomic E-state index is -4.31. The van der Waals surface area contributed by atoms with E-state index in [0.717, 1.165) is 37.2 Å². The third-order valence-corrected chi connectivity index (χ3v) is 5.23. The van der Waals surface area contributed by atoms with Crippen LogP contribution < -0.4 is 16.0 Å². The molecule has 1 atom stereocenters. The van der Waals surface area contributed by atoms with Crippen LogP contribution in [0.1, 0.15) is 45.2 Å². The summed E-state index contributed by atoms with van der Waals surface area (Å²) >= 11 is 0. The van der Waals surface area contributed by atoms with Crippen molar-refractivity contribution in [3.63, 3.8) is 0 Å².